The largest absolute Gasteiger partial charge is 0.469 e. The minimum Gasteiger partial charge on any atom is -0.469 e. The van der Waals surface area contributed by atoms with E-state index in [0.29, 0.717) is 0 Å². The van der Waals surface area contributed by atoms with Crippen LogP contribution in [-0.2, 0) is 24.5 Å². The van der Waals surface area contributed by atoms with Gasteiger partial charge in [-0.05, 0) is 46.6 Å². The highest BCUT2D eigenvalue weighted by Crippen LogP contribution is 2.97. The zero-order valence-electron chi connectivity index (χ0n) is 13.9. The molecule has 5 fully saturated rings. The number of esters is 2. The molecule has 6 bridgehead atoms. The van der Waals surface area contributed by atoms with Crippen molar-refractivity contribution in [2.75, 3.05) is 14.2 Å². The number of carbonyl (C=O) groups is 2. The molecule has 6 aliphatic rings. The molecule has 0 amide bonds. The molecular formula is C20H17NO4. The zero-order chi connectivity index (χ0) is 17.3. The van der Waals surface area contributed by atoms with Crippen molar-refractivity contribution < 1.29 is 19.1 Å². The fourth-order valence-corrected chi connectivity index (χ4v) is 7.89. The van der Waals surface area contributed by atoms with E-state index in [1.54, 1.807) is 0 Å². The Morgan fingerprint density at radius 1 is 1.04 bits per heavy atom. The molecule has 0 spiro atoms. The number of rotatable bonds is 2. The second-order valence-electron chi connectivity index (χ2n) is 8.16. The van der Waals surface area contributed by atoms with Crippen molar-refractivity contribution >= 4 is 11.9 Å². The molecule has 5 nitrogen and oxygen atoms in total. The van der Waals surface area contributed by atoms with E-state index < -0.39 is 10.8 Å². The summed E-state index contributed by atoms with van der Waals surface area (Å²) < 4.78 is 10.5. The molecule has 126 valence electrons. The van der Waals surface area contributed by atoms with Gasteiger partial charge >= 0.3 is 11.9 Å². The minimum atomic E-state index is -0.974. The number of fused-ring (bicyclic) bond motifs is 1. The molecule has 25 heavy (non-hydrogen) atoms. The standard InChI is InChI=1S/C20H17NO4/c1-24-17(22)19-10-6-4-3-5-8(10)13-14(19)11-9(7-21)12(11)15-16(13)20(15,19)18(23)25-2/h3-6,9,11-16H,1-2H3/t9-,11?,12?,13?,14?,15?,16?,19?,20?/m0/s1. The summed E-state index contributed by atoms with van der Waals surface area (Å²) in [6, 6.07) is 10.4. The van der Waals surface area contributed by atoms with Crippen molar-refractivity contribution in [3.63, 3.8) is 0 Å². The van der Waals surface area contributed by atoms with Gasteiger partial charge < -0.3 is 9.47 Å². The van der Waals surface area contributed by atoms with E-state index in [0.717, 1.165) is 5.56 Å². The Balaban J connectivity index is 1.70. The Morgan fingerprint density at radius 3 is 2.40 bits per heavy atom. The molecule has 6 aliphatic carbocycles. The van der Waals surface area contributed by atoms with E-state index in [1.807, 2.05) is 18.2 Å². The summed E-state index contributed by atoms with van der Waals surface area (Å²) in [7, 11) is 2.79. The molecule has 8 unspecified atom stereocenters. The fourth-order valence-electron chi connectivity index (χ4n) is 7.89. The van der Waals surface area contributed by atoms with E-state index in [-0.39, 0.29) is 53.4 Å². The number of carbonyl (C=O) groups excluding carboxylic acids is 2. The van der Waals surface area contributed by atoms with Crippen LogP contribution in [0.2, 0.25) is 0 Å². The van der Waals surface area contributed by atoms with Gasteiger partial charge in [0.15, 0.2) is 0 Å². The molecule has 5 heteroatoms. The van der Waals surface area contributed by atoms with Crippen molar-refractivity contribution in [3.05, 3.63) is 35.4 Å². The first-order valence-electron chi connectivity index (χ1n) is 8.79. The summed E-state index contributed by atoms with van der Waals surface area (Å²) in [6.07, 6.45) is 0. The second-order valence-corrected chi connectivity index (χ2v) is 8.16. The molecule has 1 aromatic carbocycles. The lowest BCUT2D eigenvalue weighted by molar-refractivity contribution is -0.166. The third-order valence-electron chi connectivity index (χ3n) is 8.14. The van der Waals surface area contributed by atoms with Gasteiger partial charge in [0, 0.05) is 0 Å². The zero-order valence-corrected chi connectivity index (χ0v) is 13.9. The minimum absolute atomic E-state index is 0.0129. The highest BCUT2D eigenvalue weighted by atomic mass is 16.5. The molecule has 5 saturated carbocycles. The van der Waals surface area contributed by atoms with Crippen LogP contribution in [0.4, 0.5) is 0 Å². The van der Waals surface area contributed by atoms with Gasteiger partial charge in [-0.2, -0.15) is 5.26 Å². The summed E-state index contributed by atoms with van der Waals surface area (Å²) in [5.41, 5.74) is 0.304. The lowest BCUT2D eigenvalue weighted by Crippen LogP contribution is -2.54. The van der Waals surface area contributed by atoms with Gasteiger partial charge in [-0.25, -0.2) is 0 Å². The van der Waals surface area contributed by atoms with Crippen molar-refractivity contribution in [3.8, 4) is 6.07 Å². The number of benzene rings is 1. The maximum Gasteiger partial charge on any atom is 0.317 e. The molecule has 0 aromatic heterocycles. The Bertz CT molecular complexity index is 919. The lowest BCUT2D eigenvalue weighted by atomic mass is 9.59. The van der Waals surface area contributed by atoms with Crippen LogP contribution in [0.25, 0.3) is 0 Å². The number of methoxy groups -OCH3 is 2. The molecule has 1 aromatic rings. The molecule has 0 saturated heterocycles. The van der Waals surface area contributed by atoms with Gasteiger partial charge in [-0.1, -0.05) is 24.3 Å². The van der Waals surface area contributed by atoms with Crippen LogP contribution in [0.15, 0.2) is 24.3 Å². The summed E-state index contributed by atoms with van der Waals surface area (Å²) in [5.74, 6) is 0.0944. The smallest absolute Gasteiger partial charge is 0.317 e. The predicted molar refractivity (Wildman–Crippen MR) is 83.9 cm³/mol. The van der Waals surface area contributed by atoms with Crippen LogP contribution in [-0.4, -0.2) is 26.2 Å². The number of nitrogens with zero attached hydrogens (tertiary/aromatic N) is 1. The van der Waals surface area contributed by atoms with Crippen LogP contribution in [0, 0.1) is 52.3 Å². The first-order chi connectivity index (χ1) is 12.1. The summed E-state index contributed by atoms with van der Waals surface area (Å²) >= 11 is 0. The second kappa shape index (κ2) is 3.75. The van der Waals surface area contributed by atoms with E-state index in [2.05, 4.69) is 12.1 Å². The molecular weight excluding hydrogens is 318 g/mol. The Morgan fingerprint density at radius 2 is 1.72 bits per heavy atom. The van der Waals surface area contributed by atoms with Crippen molar-refractivity contribution in [1.82, 2.24) is 0 Å². The normalized spacial score (nSPS) is 51.0. The van der Waals surface area contributed by atoms with Gasteiger partial charge in [-0.15, -0.1) is 0 Å². The highest BCUT2D eigenvalue weighted by Gasteiger charge is 3.01. The first kappa shape index (κ1) is 13.9. The number of hydrogen-bond acceptors (Lipinski definition) is 5. The summed E-state index contributed by atoms with van der Waals surface area (Å²) in [5, 5.41) is 9.60. The average molecular weight is 335 g/mol. The number of nitriles is 1. The van der Waals surface area contributed by atoms with Crippen LogP contribution in [0.3, 0.4) is 0 Å². The van der Waals surface area contributed by atoms with Crippen molar-refractivity contribution in [2.24, 2.45) is 40.9 Å². The fraction of sp³-hybridized carbons (Fsp3) is 0.550. The molecule has 0 N–H and O–H groups in total. The quantitative estimate of drug-likeness (QED) is 0.768. The Hall–Kier alpha value is -2.35. The third-order valence-corrected chi connectivity index (χ3v) is 8.14. The summed E-state index contributed by atoms with van der Waals surface area (Å²) in [6.45, 7) is 0. The van der Waals surface area contributed by atoms with E-state index in [1.165, 1.54) is 19.8 Å². The van der Waals surface area contributed by atoms with Crippen molar-refractivity contribution in [2.45, 2.75) is 11.3 Å². The van der Waals surface area contributed by atoms with E-state index >= 15 is 0 Å². The first-order valence-corrected chi connectivity index (χ1v) is 8.79. The van der Waals surface area contributed by atoms with E-state index in [9.17, 15) is 14.9 Å². The predicted octanol–water partition coefficient (Wildman–Crippen LogP) is 1.63. The maximum absolute atomic E-state index is 13.3. The van der Waals surface area contributed by atoms with Crippen LogP contribution >= 0.6 is 0 Å². The average Bonchev–Trinajstić information content (AvgIpc) is 3.51. The molecule has 7 rings (SSSR count). The van der Waals surface area contributed by atoms with E-state index in [4.69, 9.17) is 9.47 Å². The van der Waals surface area contributed by atoms with Crippen LogP contribution in [0.5, 0.6) is 0 Å². The molecule has 0 heterocycles. The van der Waals surface area contributed by atoms with Crippen LogP contribution < -0.4 is 0 Å². The highest BCUT2D eigenvalue weighted by molar-refractivity contribution is 6.01. The van der Waals surface area contributed by atoms with Crippen molar-refractivity contribution in [1.29, 1.82) is 5.26 Å². The topological polar surface area (TPSA) is 76.4 Å². The maximum atomic E-state index is 13.3. The monoisotopic (exact) mass is 335 g/mol. The Kier molecular flexibility index (Phi) is 2.08. The molecule has 9 atom stereocenters. The van der Waals surface area contributed by atoms with Gasteiger partial charge in [0.05, 0.1) is 31.6 Å². The van der Waals surface area contributed by atoms with Gasteiger partial charge in [0.1, 0.15) is 5.41 Å². The molecule has 0 aliphatic heterocycles. The Labute approximate surface area is 144 Å². The van der Waals surface area contributed by atoms with Gasteiger partial charge in [-0.3, -0.25) is 9.59 Å². The SMILES string of the molecule is COC(=O)C12c3ccccc3C3C1C1C(C4C3C42C(=O)OC)[C@H]1C#N. The van der Waals surface area contributed by atoms with Gasteiger partial charge in [0.25, 0.3) is 0 Å². The molecule has 0 radical (unpaired) electrons. The number of ether oxygens (including phenoxy) is 2. The number of hydrogen-bond donors (Lipinski definition) is 0. The third kappa shape index (κ3) is 0.995. The van der Waals surface area contributed by atoms with Crippen LogP contribution in [0.1, 0.15) is 17.0 Å². The lowest BCUT2D eigenvalue weighted by Gasteiger charge is -2.41. The summed E-state index contributed by atoms with van der Waals surface area (Å²) in [4.78, 5) is 26.3. The van der Waals surface area contributed by atoms with Gasteiger partial charge in [0.2, 0.25) is 0 Å².